The summed E-state index contributed by atoms with van der Waals surface area (Å²) >= 11 is 0. The van der Waals surface area contributed by atoms with E-state index < -0.39 is 0 Å². The molecule has 3 rings (SSSR count). The fourth-order valence-electron chi connectivity index (χ4n) is 3.88. The molecule has 0 aromatic heterocycles. The van der Waals surface area contributed by atoms with E-state index >= 15 is 0 Å². The average Bonchev–Trinajstić information content (AvgIpc) is 2.57. The first kappa shape index (κ1) is 16.8. The van der Waals surface area contributed by atoms with Crippen molar-refractivity contribution < 1.29 is 13.9 Å². The number of rotatable bonds is 4. The Kier molecular flexibility index (Phi) is 5.58. The van der Waals surface area contributed by atoms with E-state index in [0.717, 1.165) is 18.4 Å². The van der Waals surface area contributed by atoms with Crippen molar-refractivity contribution in [2.24, 2.45) is 17.8 Å². The Morgan fingerprint density at radius 2 is 1.91 bits per heavy atom. The molecule has 2 atom stereocenters. The van der Waals surface area contributed by atoms with E-state index in [1.807, 2.05) is 6.07 Å². The lowest BCUT2D eigenvalue weighted by atomic mass is 9.77. The Bertz CT molecular complexity index is 500. The van der Waals surface area contributed by atoms with Crippen molar-refractivity contribution >= 4 is 0 Å². The average molecular weight is 320 g/mol. The highest BCUT2D eigenvalue weighted by Crippen LogP contribution is 2.36. The summed E-state index contributed by atoms with van der Waals surface area (Å²) in [6.45, 7) is 5.69. The van der Waals surface area contributed by atoms with Gasteiger partial charge in [0.25, 0.3) is 0 Å². The fourth-order valence-corrected chi connectivity index (χ4v) is 3.88. The first-order valence-corrected chi connectivity index (χ1v) is 9.12. The van der Waals surface area contributed by atoms with Crippen LogP contribution in [-0.4, -0.2) is 19.3 Å². The molecule has 0 spiro atoms. The Labute approximate surface area is 139 Å². The van der Waals surface area contributed by atoms with Crippen molar-refractivity contribution in [3.63, 3.8) is 0 Å². The zero-order valence-electron chi connectivity index (χ0n) is 14.4. The molecule has 0 bridgehead atoms. The van der Waals surface area contributed by atoms with Gasteiger partial charge in [-0.2, -0.15) is 0 Å². The summed E-state index contributed by atoms with van der Waals surface area (Å²) < 4.78 is 25.4. The summed E-state index contributed by atoms with van der Waals surface area (Å²) in [5, 5.41) is 0. The highest BCUT2D eigenvalue weighted by Gasteiger charge is 2.30. The molecule has 2 unspecified atom stereocenters. The molecule has 1 saturated heterocycles. The number of aryl methyl sites for hydroxylation is 1. The molecule has 23 heavy (non-hydrogen) atoms. The molecule has 0 N–H and O–H groups in total. The summed E-state index contributed by atoms with van der Waals surface area (Å²) in [6, 6.07) is 5.14. The highest BCUT2D eigenvalue weighted by atomic mass is 19.1. The second-order valence-electron chi connectivity index (χ2n) is 7.56. The van der Waals surface area contributed by atoms with Crippen LogP contribution < -0.4 is 4.74 Å². The van der Waals surface area contributed by atoms with E-state index in [2.05, 4.69) is 6.92 Å². The van der Waals surface area contributed by atoms with Crippen LogP contribution in [0.4, 0.5) is 4.39 Å². The van der Waals surface area contributed by atoms with Gasteiger partial charge in [-0.25, -0.2) is 4.39 Å². The molecule has 1 heterocycles. The molecule has 2 aliphatic rings. The van der Waals surface area contributed by atoms with Gasteiger partial charge >= 0.3 is 0 Å². The molecule has 1 aliphatic heterocycles. The Balaban J connectivity index is 1.41. The van der Waals surface area contributed by atoms with Gasteiger partial charge in [-0.3, -0.25) is 0 Å². The smallest absolute Gasteiger partial charge is 0.129 e. The Morgan fingerprint density at radius 1 is 1.13 bits per heavy atom. The van der Waals surface area contributed by atoms with Gasteiger partial charge in [0, 0.05) is 12.7 Å². The van der Waals surface area contributed by atoms with Gasteiger partial charge in [0.15, 0.2) is 0 Å². The molecular weight excluding hydrogens is 291 g/mol. The van der Waals surface area contributed by atoms with E-state index in [9.17, 15) is 4.39 Å². The minimum Gasteiger partial charge on any atom is -0.493 e. The Hall–Kier alpha value is -1.09. The first-order chi connectivity index (χ1) is 11.1. The van der Waals surface area contributed by atoms with E-state index in [-0.39, 0.29) is 5.82 Å². The maximum Gasteiger partial charge on any atom is 0.129 e. The third kappa shape index (κ3) is 4.47. The normalized spacial score (nSPS) is 31.8. The lowest BCUT2D eigenvalue weighted by Gasteiger charge is -2.37. The van der Waals surface area contributed by atoms with E-state index in [4.69, 9.17) is 9.47 Å². The van der Waals surface area contributed by atoms with Crippen molar-refractivity contribution in [3.8, 4) is 5.75 Å². The summed E-state index contributed by atoms with van der Waals surface area (Å²) in [5.41, 5.74) is 0.666. The molecule has 1 aromatic carbocycles. The lowest BCUT2D eigenvalue weighted by molar-refractivity contribution is -0.0555. The summed E-state index contributed by atoms with van der Waals surface area (Å²) in [5.74, 6) is 2.52. The van der Waals surface area contributed by atoms with Gasteiger partial charge in [0.2, 0.25) is 0 Å². The predicted octanol–water partition coefficient (Wildman–Crippen LogP) is 5.13. The predicted molar refractivity (Wildman–Crippen MR) is 90.2 cm³/mol. The topological polar surface area (TPSA) is 18.5 Å². The monoisotopic (exact) mass is 320 g/mol. The van der Waals surface area contributed by atoms with Crippen LogP contribution in [0.1, 0.15) is 51.0 Å². The maximum absolute atomic E-state index is 13.5. The number of halogens is 1. The summed E-state index contributed by atoms with van der Waals surface area (Å²) in [6.07, 6.45) is 7.93. The largest absolute Gasteiger partial charge is 0.493 e. The van der Waals surface area contributed by atoms with Gasteiger partial charge < -0.3 is 9.47 Å². The molecule has 1 aliphatic carbocycles. The van der Waals surface area contributed by atoms with Gasteiger partial charge in [0.1, 0.15) is 11.6 Å². The van der Waals surface area contributed by atoms with Crippen LogP contribution in [0.3, 0.4) is 0 Å². The lowest BCUT2D eigenvalue weighted by Crippen LogP contribution is -2.34. The zero-order chi connectivity index (χ0) is 16.2. The molecule has 128 valence electrons. The molecular formula is C20H29FO2. The van der Waals surface area contributed by atoms with Gasteiger partial charge in [0.05, 0.1) is 12.7 Å². The molecule has 1 aromatic rings. The molecule has 1 saturated carbocycles. The second kappa shape index (κ2) is 7.65. The summed E-state index contributed by atoms with van der Waals surface area (Å²) in [4.78, 5) is 0. The molecule has 2 nitrogen and oxygen atoms in total. The van der Waals surface area contributed by atoms with Crippen LogP contribution in [0.5, 0.6) is 5.75 Å². The molecule has 0 amide bonds. The van der Waals surface area contributed by atoms with Crippen LogP contribution in [0, 0.1) is 30.5 Å². The number of hydrogen-bond acceptors (Lipinski definition) is 2. The van der Waals surface area contributed by atoms with E-state index in [1.54, 1.807) is 13.0 Å². The molecule has 3 heteroatoms. The second-order valence-corrected chi connectivity index (χ2v) is 7.56. The minimum absolute atomic E-state index is 0.185. The standard InChI is InChI=1S/C20H29FO2/c1-14-3-10-20(23-12-14)17-7-5-16(6-8-17)13-22-18-9-4-15(2)19(21)11-18/h4,9,11,14,16-17,20H,3,5-8,10,12-13H2,1-2H3. The highest BCUT2D eigenvalue weighted by molar-refractivity contribution is 5.27. The maximum atomic E-state index is 13.5. The van der Waals surface area contributed by atoms with E-state index in [0.29, 0.717) is 29.9 Å². The zero-order valence-corrected chi connectivity index (χ0v) is 14.4. The quantitative estimate of drug-likeness (QED) is 0.765. The van der Waals surface area contributed by atoms with Gasteiger partial charge in [-0.15, -0.1) is 0 Å². The van der Waals surface area contributed by atoms with Crippen LogP contribution in [-0.2, 0) is 4.74 Å². The van der Waals surface area contributed by atoms with Crippen LogP contribution >= 0.6 is 0 Å². The minimum atomic E-state index is -0.185. The van der Waals surface area contributed by atoms with Gasteiger partial charge in [-0.05, 0) is 74.8 Å². The fraction of sp³-hybridized carbons (Fsp3) is 0.700. The molecule has 0 radical (unpaired) electrons. The number of benzene rings is 1. The number of ether oxygens (including phenoxy) is 2. The van der Waals surface area contributed by atoms with Gasteiger partial charge in [-0.1, -0.05) is 13.0 Å². The van der Waals surface area contributed by atoms with Crippen molar-refractivity contribution in [3.05, 3.63) is 29.6 Å². The first-order valence-electron chi connectivity index (χ1n) is 9.12. The van der Waals surface area contributed by atoms with E-state index in [1.165, 1.54) is 44.6 Å². The Morgan fingerprint density at radius 3 is 2.57 bits per heavy atom. The van der Waals surface area contributed by atoms with Crippen molar-refractivity contribution in [1.29, 1.82) is 0 Å². The van der Waals surface area contributed by atoms with Crippen LogP contribution in [0.25, 0.3) is 0 Å². The van der Waals surface area contributed by atoms with Crippen molar-refractivity contribution in [1.82, 2.24) is 0 Å². The molecule has 2 fully saturated rings. The third-order valence-corrected chi connectivity index (χ3v) is 5.58. The summed E-state index contributed by atoms with van der Waals surface area (Å²) in [7, 11) is 0. The SMILES string of the molecule is Cc1ccc(OCC2CCC(C3CCC(C)CO3)CC2)cc1F. The van der Waals surface area contributed by atoms with Crippen molar-refractivity contribution in [2.75, 3.05) is 13.2 Å². The van der Waals surface area contributed by atoms with Crippen LogP contribution in [0.15, 0.2) is 18.2 Å². The van der Waals surface area contributed by atoms with Crippen molar-refractivity contribution in [2.45, 2.75) is 58.5 Å². The van der Waals surface area contributed by atoms with Crippen LogP contribution in [0.2, 0.25) is 0 Å². The number of hydrogen-bond donors (Lipinski definition) is 0. The third-order valence-electron chi connectivity index (χ3n) is 5.58.